The molecule has 14 nitrogen and oxygen atoms in total. The summed E-state index contributed by atoms with van der Waals surface area (Å²) in [5, 5.41) is 26.5. The van der Waals surface area contributed by atoms with E-state index in [0.29, 0.717) is 46.1 Å². The zero-order valence-corrected chi connectivity index (χ0v) is 25.7. The van der Waals surface area contributed by atoms with Gasteiger partial charge in [-0.25, -0.2) is 9.59 Å². The van der Waals surface area contributed by atoms with Crippen molar-refractivity contribution in [2.75, 3.05) is 19.0 Å². The number of pyridine rings is 1. The standard InChI is InChI=1S/C33H29N5O9/c1-18-26(15-22(16-34)31(40)37-18)27(47-25-10-8-23(9-11-25)35-17-39)12-13-46-33(42)29-20(3)36-19(2)28(32(41)45-4)30(29)21-6-5-7-24(14-21)38(43)44/h5-12,14-15,17,30,36H,13H2,1-4H3,(H,35,39)(H,37,40). The zero-order valence-electron chi connectivity index (χ0n) is 25.7. The predicted molar refractivity (Wildman–Crippen MR) is 169 cm³/mol. The van der Waals surface area contributed by atoms with Crippen LogP contribution in [0.5, 0.6) is 5.75 Å². The summed E-state index contributed by atoms with van der Waals surface area (Å²) in [7, 11) is 1.19. The minimum absolute atomic E-state index is 0.0256. The lowest BCUT2D eigenvalue weighted by atomic mass is 9.80. The quantitative estimate of drug-likeness (QED) is 0.0896. The van der Waals surface area contributed by atoms with Crippen molar-refractivity contribution in [3.05, 3.63) is 126 Å². The lowest BCUT2D eigenvalue weighted by molar-refractivity contribution is -0.384. The molecule has 1 aromatic heterocycles. The van der Waals surface area contributed by atoms with E-state index < -0.39 is 28.3 Å². The van der Waals surface area contributed by atoms with Gasteiger partial charge >= 0.3 is 11.9 Å². The Labute approximate surface area is 268 Å². The molecular formula is C33H29N5O9. The van der Waals surface area contributed by atoms with E-state index in [0.717, 1.165) is 0 Å². The Morgan fingerprint density at radius 3 is 2.36 bits per heavy atom. The van der Waals surface area contributed by atoms with Gasteiger partial charge in [0.15, 0.2) is 0 Å². The predicted octanol–water partition coefficient (Wildman–Crippen LogP) is 4.10. The first kappa shape index (κ1) is 33.4. The van der Waals surface area contributed by atoms with E-state index >= 15 is 0 Å². The molecule has 1 aliphatic heterocycles. The summed E-state index contributed by atoms with van der Waals surface area (Å²) in [4.78, 5) is 63.2. The van der Waals surface area contributed by atoms with Gasteiger partial charge in [-0.2, -0.15) is 5.26 Å². The summed E-state index contributed by atoms with van der Waals surface area (Å²) < 4.78 is 16.7. The van der Waals surface area contributed by atoms with Crippen LogP contribution in [-0.4, -0.2) is 42.0 Å². The number of allylic oxidation sites excluding steroid dienone is 2. The number of ether oxygens (including phenoxy) is 3. The number of amides is 1. The van der Waals surface area contributed by atoms with E-state index in [1.807, 2.05) is 6.07 Å². The maximum absolute atomic E-state index is 13.7. The van der Waals surface area contributed by atoms with E-state index in [-0.39, 0.29) is 34.8 Å². The lowest BCUT2D eigenvalue weighted by Gasteiger charge is -2.30. The molecule has 2 heterocycles. The number of aromatic nitrogens is 1. The molecule has 0 radical (unpaired) electrons. The molecule has 4 rings (SSSR count). The number of nitro groups is 1. The van der Waals surface area contributed by atoms with Crippen LogP contribution in [0.15, 0.2) is 88.0 Å². The second-order valence-corrected chi connectivity index (χ2v) is 10.2. The largest absolute Gasteiger partial charge is 0.466 e. The molecule has 47 heavy (non-hydrogen) atoms. The average Bonchev–Trinajstić information content (AvgIpc) is 3.04. The first-order chi connectivity index (χ1) is 22.5. The Hall–Kier alpha value is -6.49. The number of nitriles is 1. The van der Waals surface area contributed by atoms with E-state index in [1.165, 1.54) is 37.5 Å². The van der Waals surface area contributed by atoms with Gasteiger partial charge in [-0.3, -0.25) is 19.7 Å². The van der Waals surface area contributed by atoms with Crippen molar-refractivity contribution in [2.45, 2.75) is 26.7 Å². The van der Waals surface area contributed by atoms with Gasteiger partial charge in [-0.15, -0.1) is 0 Å². The number of H-pyrrole nitrogens is 1. The van der Waals surface area contributed by atoms with Crippen LogP contribution in [0.1, 0.15) is 42.1 Å². The number of carbonyl (C=O) groups excluding carboxylic acids is 3. The highest BCUT2D eigenvalue weighted by Crippen LogP contribution is 2.40. The van der Waals surface area contributed by atoms with Gasteiger partial charge in [-0.05, 0) is 62.7 Å². The van der Waals surface area contributed by atoms with E-state index in [2.05, 4.69) is 15.6 Å². The van der Waals surface area contributed by atoms with E-state index in [1.54, 1.807) is 51.1 Å². The molecule has 0 fully saturated rings. The van der Waals surface area contributed by atoms with Gasteiger partial charge in [-0.1, -0.05) is 12.1 Å². The van der Waals surface area contributed by atoms with Crippen LogP contribution in [-0.2, 0) is 23.9 Å². The van der Waals surface area contributed by atoms with Gasteiger partial charge in [0, 0.05) is 40.5 Å². The number of nitrogens with zero attached hydrogens (tertiary/aromatic N) is 2. The van der Waals surface area contributed by atoms with Gasteiger partial charge in [0.1, 0.15) is 29.7 Å². The maximum Gasteiger partial charge on any atom is 0.337 e. The Bertz CT molecular complexity index is 1950. The van der Waals surface area contributed by atoms with Crippen molar-refractivity contribution in [1.29, 1.82) is 5.26 Å². The molecule has 1 unspecified atom stereocenters. The Morgan fingerprint density at radius 2 is 1.74 bits per heavy atom. The van der Waals surface area contributed by atoms with Crippen LogP contribution < -0.4 is 20.9 Å². The number of rotatable bonds is 11. The SMILES string of the molecule is COC(=O)C1=C(C)NC(C)=C(C(=O)OCC=C(Oc2ccc(NC=O)cc2)c2cc(C#N)c(=O)[nH]c2C)C1c1cccc([N+](=O)[O-])c1. The molecule has 2 aromatic carbocycles. The number of carbonyl (C=O) groups is 3. The number of hydrogen-bond acceptors (Lipinski definition) is 11. The Morgan fingerprint density at radius 1 is 1.06 bits per heavy atom. The highest BCUT2D eigenvalue weighted by atomic mass is 16.6. The molecule has 1 atom stereocenters. The topological polar surface area (TPSA) is 203 Å². The minimum Gasteiger partial charge on any atom is -0.466 e. The third kappa shape index (κ3) is 7.43. The lowest BCUT2D eigenvalue weighted by Crippen LogP contribution is -2.32. The number of nitrogens with one attached hydrogen (secondary N) is 3. The first-order valence-electron chi connectivity index (χ1n) is 14.0. The van der Waals surface area contributed by atoms with Crippen LogP contribution in [0.25, 0.3) is 5.76 Å². The second-order valence-electron chi connectivity index (χ2n) is 10.2. The van der Waals surface area contributed by atoms with Crippen molar-refractivity contribution in [1.82, 2.24) is 10.3 Å². The molecule has 3 aromatic rings. The molecule has 0 saturated heterocycles. The summed E-state index contributed by atoms with van der Waals surface area (Å²) in [6.07, 6.45) is 1.95. The van der Waals surface area contributed by atoms with Crippen LogP contribution >= 0.6 is 0 Å². The maximum atomic E-state index is 13.7. The normalized spacial score (nSPS) is 14.4. The molecule has 240 valence electrons. The molecule has 0 spiro atoms. The molecule has 0 saturated carbocycles. The number of aromatic amines is 1. The van der Waals surface area contributed by atoms with Crippen LogP contribution in [0, 0.1) is 28.4 Å². The van der Waals surface area contributed by atoms with Gasteiger partial charge in [0.2, 0.25) is 6.41 Å². The highest BCUT2D eigenvalue weighted by molar-refractivity contribution is 6.00. The smallest absolute Gasteiger partial charge is 0.337 e. The number of non-ortho nitro benzene ring substituents is 1. The number of nitro benzene ring substituents is 1. The third-order valence-corrected chi connectivity index (χ3v) is 7.22. The Kier molecular flexibility index (Phi) is 10.3. The Balaban J connectivity index is 1.72. The molecule has 1 aliphatic rings. The van der Waals surface area contributed by atoms with E-state index in [4.69, 9.17) is 14.2 Å². The summed E-state index contributed by atoms with van der Waals surface area (Å²) in [6.45, 7) is 4.47. The number of anilines is 1. The first-order valence-corrected chi connectivity index (χ1v) is 14.0. The number of benzene rings is 2. The monoisotopic (exact) mass is 639 g/mol. The number of hydrogen-bond donors (Lipinski definition) is 3. The average molecular weight is 640 g/mol. The third-order valence-electron chi connectivity index (χ3n) is 7.22. The number of aryl methyl sites for hydroxylation is 1. The summed E-state index contributed by atoms with van der Waals surface area (Å²) >= 11 is 0. The fraction of sp³-hybridized carbons (Fsp3) is 0.182. The molecule has 14 heteroatoms. The van der Waals surface area contributed by atoms with Crippen LogP contribution in [0.2, 0.25) is 0 Å². The number of esters is 2. The van der Waals surface area contributed by atoms with Crippen LogP contribution in [0.4, 0.5) is 11.4 Å². The number of dihydropyridines is 1. The van der Waals surface area contributed by atoms with E-state index in [9.17, 15) is 34.6 Å². The van der Waals surface area contributed by atoms with Crippen molar-refractivity contribution < 1.29 is 33.5 Å². The van der Waals surface area contributed by atoms with Crippen LogP contribution in [0.3, 0.4) is 0 Å². The summed E-state index contributed by atoms with van der Waals surface area (Å²) in [6, 6.07) is 15.1. The molecular weight excluding hydrogens is 610 g/mol. The fourth-order valence-corrected chi connectivity index (χ4v) is 5.05. The van der Waals surface area contributed by atoms with Gasteiger partial charge < -0.3 is 29.8 Å². The summed E-state index contributed by atoms with van der Waals surface area (Å²) in [5.41, 5.74) is 1.37. The van der Waals surface area contributed by atoms with Crippen molar-refractivity contribution in [3.8, 4) is 11.8 Å². The second kappa shape index (κ2) is 14.5. The highest BCUT2D eigenvalue weighted by Gasteiger charge is 2.38. The van der Waals surface area contributed by atoms with Gasteiger partial charge in [0.05, 0.1) is 29.1 Å². The summed E-state index contributed by atoms with van der Waals surface area (Å²) in [5.74, 6) is -2.18. The molecule has 1 amide bonds. The fourth-order valence-electron chi connectivity index (χ4n) is 5.05. The van der Waals surface area contributed by atoms with Crippen molar-refractivity contribution in [3.63, 3.8) is 0 Å². The molecule has 0 aliphatic carbocycles. The van der Waals surface area contributed by atoms with Crippen molar-refractivity contribution >= 4 is 35.5 Å². The number of methoxy groups -OCH3 is 1. The minimum atomic E-state index is -1.06. The molecule has 0 bridgehead atoms. The van der Waals surface area contributed by atoms with Gasteiger partial charge in [0.25, 0.3) is 11.2 Å². The zero-order chi connectivity index (χ0) is 34.2. The molecule has 3 N–H and O–H groups in total. The van der Waals surface area contributed by atoms with Crippen molar-refractivity contribution in [2.24, 2.45) is 0 Å².